The largest absolute Gasteiger partial charge is 0.481 e. The van der Waals surface area contributed by atoms with Crippen LogP contribution in [0.3, 0.4) is 0 Å². The average Bonchev–Trinajstić information content (AvgIpc) is 2.34. The van der Waals surface area contributed by atoms with Crippen molar-refractivity contribution < 1.29 is 23.1 Å². The second-order valence-corrected chi connectivity index (χ2v) is 4.36. The molecule has 0 bridgehead atoms. The van der Waals surface area contributed by atoms with Crippen LogP contribution >= 0.6 is 0 Å². The number of alkyl halides is 3. The summed E-state index contributed by atoms with van der Waals surface area (Å²) in [5, 5.41) is 8.85. The van der Waals surface area contributed by atoms with Gasteiger partial charge in [0, 0.05) is 12.0 Å². The SMILES string of the molecule is CCC(N)C(CC(=O)O)c1ccccc1C(F)(F)F. The van der Waals surface area contributed by atoms with Crippen LogP contribution in [0.5, 0.6) is 0 Å². The molecular weight excluding hydrogens is 259 g/mol. The first-order valence-corrected chi connectivity index (χ1v) is 5.90. The summed E-state index contributed by atoms with van der Waals surface area (Å²) in [7, 11) is 0. The minimum absolute atomic E-state index is 0.0493. The number of aliphatic carboxylic acids is 1. The summed E-state index contributed by atoms with van der Waals surface area (Å²) < 4.78 is 38.8. The topological polar surface area (TPSA) is 63.3 Å². The molecule has 0 aliphatic heterocycles. The number of halogens is 3. The number of hydrogen-bond donors (Lipinski definition) is 2. The fourth-order valence-electron chi connectivity index (χ4n) is 2.04. The standard InChI is InChI=1S/C13H16F3NO2/c1-2-11(17)9(7-12(18)19)8-5-3-4-6-10(8)13(14,15)16/h3-6,9,11H,2,7,17H2,1H3,(H,18,19). The first kappa shape index (κ1) is 15.5. The Bertz CT molecular complexity index is 446. The van der Waals surface area contributed by atoms with Crippen molar-refractivity contribution in [3.05, 3.63) is 35.4 Å². The van der Waals surface area contributed by atoms with E-state index in [0.29, 0.717) is 6.42 Å². The van der Waals surface area contributed by atoms with Crippen molar-refractivity contribution >= 4 is 5.97 Å². The molecule has 0 aromatic heterocycles. The molecule has 0 aliphatic rings. The van der Waals surface area contributed by atoms with Crippen molar-refractivity contribution in [2.24, 2.45) is 5.73 Å². The van der Waals surface area contributed by atoms with Crippen LogP contribution in [-0.2, 0) is 11.0 Å². The van der Waals surface area contributed by atoms with E-state index in [1.54, 1.807) is 6.92 Å². The van der Waals surface area contributed by atoms with Crippen LogP contribution in [0.25, 0.3) is 0 Å². The minimum atomic E-state index is -4.51. The van der Waals surface area contributed by atoms with E-state index in [2.05, 4.69) is 0 Å². The highest BCUT2D eigenvalue weighted by molar-refractivity contribution is 5.68. The second kappa shape index (κ2) is 6.06. The predicted octanol–water partition coefficient (Wildman–Crippen LogP) is 3.00. The molecule has 6 heteroatoms. The van der Waals surface area contributed by atoms with Crippen LogP contribution < -0.4 is 5.73 Å². The quantitative estimate of drug-likeness (QED) is 0.868. The Balaban J connectivity index is 3.26. The Kier molecular flexibility index (Phi) is 4.94. The molecule has 0 amide bonds. The maximum Gasteiger partial charge on any atom is 0.416 e. The number of carboxylic acids is 1. The normalized spacial score (nSPS) is 15.0. The van der Waals surface area contributed by atoms with Crippen LogP contribution in [0.2, 0.25) is 0 Å². The van der Waals surface area contributed by atoms with Crippen molar-refractivity contribution in [2.45, 2.75) is 37.9 Å². The Morgan fingerprint density at radius 2 is 1.95 bits per heavy atom. The molecule has 19 heavy (non-hydrogen) atoms. The number of carbonyl (C=O) groups is 1. The van der Waals surface area contributed by atoms with E-state index < -0.39 is 36.1 Å². The number of benzene rings is 1. The maximum absolute atomic E-state index is 12.9. The summed E-state index contributed by atoms with van der Waals surface area (Å²) in [6, 6.07) is 4.36. The third kappa shape index (κ3) is 3.96. The molecule has 106 valence electrons. The first-order valence-electron chi connectivity index (χ1n) is 5.90. The summed E-state index contributed by atoms with van der Waals surface area (Å²) >= 11 is 0. The van der Waals surface area contributed by atoms with E-state index in [1.807, 2.05) is 0 Å². The molecule has 0 saturated carbocycles. The summed E-state index contributed by atoms with van der Waals surface area (Å²) in [4.78, 5) is 10.8. The summed E-state index contributed by atoms with van der Waals surface area (Å²) in [6.07, 6.45) is -4.52. The molecule has 0 fully saturated rings. The first-order chi connectivity index (χ1) is 8.77. The molecule has 0 spiro atoms. The van der Waals surface area contributed by atoms with Gasteiger partial charge in [0.15, 0.2) is 0 Å². The molecule has 0 saturated heterocycles. The van der Waals surface area contributed by atoms with E-state index in [1.165, 1.54) is 18.2 Å². The minimum Gasteiger partial charge on any atom is -0.481 e. The molecule has 2 atom stereocenters. The summed E-state index contributed by atoms with van der Waals surface area (Å²) in [5.41, 5.74) is 4.92. The highest BCUT2D eigenvalue weighted by Gasteiger charge is 2.36. The Hall–Kier alpha value is -1.56. The molecule has 3 N–H and O–H groups in total. The van der Waals surface area contributed by atoms with Gasteiger partial charge in [0.2, 0.25) is 0 Å². The maximum atomic E-state index is 12.9. The van der Waals surface area contributed by atoms with Gasteiger partial charge < -0.3 is 10.8 Å². The number of rotatable bonds is 5. The van der Waals surface area contributed by atoms with E-state index in [0.717, 1.165) is 6.07 Å². The van der Waals surface area contributed by atoms with Gasteiger partial charge in [-0.15, -0.1) is 0 Å². The van der Waals surface area contributed by atoms with E-state index >= 15 is 0 Å². The third-order valence-corrected chi connectivity index (χ3v) is 3.05. The van der Waals surface area contributed by atoms with Crippen molar-refractivity contribution in [3.63, 3.8) is 0 Å². The summed E-state index contributed by atoms with van der Waals surface area (Å²) in [6.45, 7) is 1.72. The number of nitrogens with two attached hydrogens (primary N) is 1. The van der Waals surface area contributed by atoms with Crippen molar-refractivity contribution in [1.29, 1.82) is 0 Å². The fraction of sp³-hybridized carbons (Fsp3) is 0.462. The van der Waals surface area contributed by atoms with Crippen LogP contribution in [0, 0.1) is 0 Å². The molecule has 2 unspecified atom stereocenters. The smallest absolute Gasteiger partial charge is 0.416 e. The molecule has 1 aromatic rings. The second-order valence-electron chi connectivity index (χ2n) is 4.36. The van der Waals surface area contributed by atoms with Crippen molar-refractivity contribution in [1.82, 2.24) is 0 Å². The van der Waals surface area contributed by atoms with Gasteiger partial charge >= 0.3 is 12.1 Å². The van der Waals surface area contributed by atoms with Gasteiger partial charge in [0.05, 0.1) is 12.0 Å². The monoisotopic (exact) mass is 275 g/mol. The number of hydrogen-bond acceptors (Lipinski definition) is 2. The van der Waals surface area contributed by atoms with E-state index in [-0.39, 0.29) is 5.56 Å². The lowest BCUT2D eigenvalue weighted by molar-refractivity contribution is -0.140. The lowest BCUT2D eigenvalue weighted by Gasteiger charge is -2.25. The van der Waals surface area contributed by atoms with Crippen LogP contribution in [-0.4, -0.2) is 17.1 Å². The van der Waals surface area contributed by atoms with Crippen LogP contribution in [0.1, 0.15) is 36.8 Å². The van der Waals surface area contributed by atoms with Crippen LogP contribution in [0.4, 0.5) is 13.2 Å². The molecule has 1 aromatic carbocycles. The average molecular weight is 275 g/mol. The highest BCUT2D eigenvalue weighted by atomic mass is 19.4. The van der Waals surface area contributed by atoms with Gasteiger partial charge in [-0.25, -0.2) is 0 Å². The van der Waals surface area contributed by atoms with Gasteiger partial charge in [0.25, 0.3) is 0 Å². The highest BCUT2D eigenvalue weighted by Crippen LogP contribution is 2.37. The lowest BCUT2D eigenvalue weighted by Crippen LogP contribution is -2.31. The van der Waals surface area contributed by atoms with Gasteiger partial charge in [-0.2, -0.15) is 13.2 Å². The van der Waals surface area contributed by atoms with Crippen LogP contribution in [0.15, 0.2) is 24.3 Å². The molecule has 0 radical (unpaired) electrons. The molecule has 0 heterocycles. The van der Waals surface area contributed by atoms with Gasteiger partial charge in [0.1, 0.15) is 0 Å². The zero-order valence-electron chi connectivity index (χ0n) is 10.4. The van der Waals surface area contributed by atoms with Gasteiger partial charge in [-0.05, 0) is 18.1 Å². The third-order valence-electron chi connectivity index (χ3n) is 3.05. The number of carboxylic acid groups (broad SMARTS) is 1. The van der Waals surface area contributed by atoms with Crippen molar-refractivity contribution in [2.75, 3.05) is 0 Å². The predicted molar refractivity (Wildman–Crippen MR) is 64.7 cm³/mol. The molecule has 1 rings (SSSR count). The summed E-state index contributed by atoms with van der Waals surface area (Å²) in [5.74, 6) is -2.01. The van der Waals surface area contributed by atoms with Gasteiger partial charge in [-0.3, -0.25) is 4.79 Å². The van der Waals surface area contributed by atoms with Gasteiger partial charge in [-0.1, -0.05) is 25.1 Å². The zero-order chi connectivity index (χ0) is 14.6. The van der Waals surface area contributed by atoms with Crippen molar-refractivity contribution in [3.8, 4) is 0 Å². The molecule has 3 nitrogen and oxygen atoms in total. The Morgan fingerprint density at radius 3 is 2.42 bits per heavy atom. The lowest BCUT2D eigenvalue weighted by atomic mass is 9.85. The van der Waals surface area contributed by atoms with E-state index in [9.17, 15) is 18.0 Å². The Labute approximate surface area is 109 Å². The fourth-order valence-corrected chi connectivity index (χ4v) is 2.04. The molecule has 0 aliphatic carbocycles. The van der Waals surface area contributed by atoms with E-state index in [4.69, 9.17) is 10.8 Å². The molecular formula is C13H16F3NO2. The zero-order valence-corrected chi connectivity index (χ0v) is 10.4. The Morgan fingerprint density at radius 1 is 1.37 bits per heavy atom.